The Kier molecular flexibility index (Phi) is 3.84. The van der Waals surface area contributed by atoms with Crippen LogP contribution in [0.4, 0.5) is 4.39 Å². The van der Waals surface area contributed by atoms with Crippen LogP contribution in [0.15, 0.2) is 24.5 Å². The normalized spacial score (nSPS) is 27.5. The maximum atomic E-state index is 14.2. The number of alkyl halides is 1. The van der Waals surface area contributed by atoms with Gasteiger partial charge in [-0.1, -0.05) is 6.07 Å². The second-order valence-corrected chi connectivity index (χ2v) is 8.46. The first-order valence-electron chi connectivity index (χ1n) is 8.21. The van der Waals surface area contributed by atoms with Gasteiger partial charge in [0.05, 0.1) is 17.5 Å². The van der Waals surface area contributed by atoms with Crippen LogP contribution in [0, 0.1) is 0 Å². The highest BCUT2D eigenvalue weighted by atomic mass is 32.2. The number of thioether (sulfide) groups is 1. The summed E-state index contributed by atoms with van der Waals surface area (Å²) in [6.45, 7) is 1.93. The van der Waals surface area contributed by atoms with Gasteiger partial charge in [0.1, 0.15) is 0 Å². The van der Waals surface area contributed by atoms with Gasteiger partial charge in [0, 0.05) is 31.2 Å². The van der Waals surface area contributed by atoms with Crippen LogP contribution in [-0.4, -0.2) is 51.2 Å². The summed E-state index contributed by atoms with van der Waals surface area (Å²) in [5.74, 6) is 0.665. The molecule has 4 rings (SSSR count). The summed E-state index contributed by atoms with van der Waals surface area (Å²) in [6.07, 6.45) is 6.37. The number of pyridine rings is 1. The molecule has 1 saturated carbocycles. The lowest BCUT2D eigenvalue weighted by atomic mass is 9.79. The topological polar surface area (TPSA) is 42.4 Å². The summed E-state index contributed by atoms with van der Waals surface area (Å²) < 4.78 is 20.3. The summed E-state index contributed by atoms with van der Waals surface area (Å²) in [5, 5.41) is 0. The Hall–Kier alpha value is -1.14. The molecular weight excluding hydrogens is 315 g/mol. The first-order chi connectivity index (χ1) is 11.1. The second-order valence-electron chi connectivity index (χ2n) is 6.97. The number of halogens is 1. The van der Waals surface area contributed by atoms with Gasteiger partial charge in [-0.25, -0.2) is 4.39 Å². The highest BCUT2D eigenvalue weighted by Gasteiger charge is 2.56. The zero-order valence-corrected chi connectivity index (χ0v) is 13.9. The largest absolute Gasteiger partial charge is 0.373 e. The van der Waals surface area contributed by atoms with E-state index in [9.17, 15) is 9.18 Å². The van der Waals surface area contributed by atoms with Crippen molar-refractivity contribution in [3.63, 3.8) is 0 Å². The fraction of sp³-hybridized carbons (Fsp3) is 0.647. The van der Waals surface area contributed by atoms with E-state index in [1.54, 1.807) is 11.1 Å². The molecular formula is C17H21FN2O2S. The maximum absolute atomic E-state index is 14.2. The molecule has 0 aromatic carbocycles. The number of carbonyl (C=O) groups excluding carboxylic acids is 1. The molecule has 3 heterocycles. The molecule has 1 aromatic rings. The third-order valence-electron chi connectivity index (χ3n) is 5.16. The van der Waals surface area contributed by atoms with Crippen LogP contribution in [0.25, 0.3) is 0 Å². The number of rotatable bonds is 4. The molecule has 0 bridgehead atoms. The Balaban J connectivity index is 1.26. The van der Waals surface area contributed by atoms with Gasteiger partial charge in [0.25, 0.3) is 5.91 Å². The smallest absolute Gasteiger partial charge is 0.260 e. The highest BCUT2D eigenvalue weighted by Crippen LogP contribution is 2.48. The van der Waals surface area contributed by atoms with Crippen LogP contribution in [-0.2, 0) is 16.1 Å². The summed E-state index contributed by atoms with van der Waals surface area (Å²) in [7, 11) is 0. The minimum atomic E-state index is -1.55. The van der Waals surface area contributed by atoms with Crippen LogP contribution in [0.3, 0.4) is 0 Å². The quantitative estimate of drug-likeness (QED) is 0.847. The Morgan fingerprint density at radius 3 is 2.96 bits per heavy atom. The Morgan fingerprint density at radius 2 is 2.30 bits per heavy atom. The number of hydrogen-bond donors (Lipinski definition) is 0. The number of carbonyl (C=O) groups is 1. The maximum Gasteiger partial charge on any atom is 0.260 e. The third-order valence-corrected chi connectivity index (χ3v) is 6.73. The number of aromatic nitrogens is 1. The lowest BCUT2D eigenvalue weighted by molar-refractivity contribution is -0.155. The van der Waals surface area contributed by atoms with Crippen LogP contribution in [0.1, 0.15) is 31.2 Å². The molecule has 2 saturated heterocycles. The van der Waals surface area contributed by atoms with Crippen molar-refractivity contribution in [2.75, 3.05) is 18.8 Å². The molecule has 2 aliphatic heterocycles. The molecule has 1 aliphatic carbocycles. The minimum Gasteiger partial charge on any atom is -0.373 e. The van der Waals surface area contributed by atoms with Crippen molar-refractivity contribution in [1.82, 2.24) is 9.88 Å². The number of amides is 1. The summed E-state index contributed by atoms with van der Waals surface area (Å²) in [5.41, 5.74) is -0.477. The van der Waals surface area contributed by atoms with Gasteiger partial charge in [0.2, 0.25) is 0 Å². The van der Waals surface area contributed by atoms with E-state index in [2.05, 4.69) is 4.98 Å². The Bertz CT molecular complexity index is 588. The lowest BCUT2D eigenvalue weighted by Gasteiger charge is -2.50. The van der Waals surface area contributed by atoms with E-state index in [0.717, 1.165) is 24.2 Å². The van der Waals surface area contributed by atoms with Crippen LogP contribution < -0.4 is 0 Å². The van der Waals surface area contributed by atoms with Crippen molar-refractivity contribution in [3.8, 4) is 0 Å². The monoisotopic (exact) mass is 336 g/mol. The van der Waals surface area contributed by atoms with Gasteiger partial charge in [-0.15, -0.1) is 11.8 Å². The van der Waals surface area contributed by atoms with E-state index in [4.69, 9.17) is 4.74 Å². The highest BCUT2D eigenvalue weighted by molar-refractivity contribution is 8.01. The Labute approximate surface area is 139 Å². The van der Waals surface area contributed by atoms with E-state index in [-0.39, 0.29) is 16.8 Å². The van der Waals surface area contributed by atoms with Crippen molar-refractivity contribution in [2.24, 2.45) is 0 Å². The van der Waals surface area contributed by atoms with Crippen LogP contribution in [0.2, 0.25) is 0 Å². The molecule has 1 aromatic heterocycles. The second kappa shape index (κ2) is 5.74. The third kappa shape index (κ3) is 2.87. The van der Waals surface area contributed by atoms with Crippen molar-refractivity contribution < 1.29 is 13.9 Å². The lowest BCUT2D eigenvalue weighted by Crippen LogP contribution is -2.65. The van der Waals surface area contributed by atoms with Crippen LogP contribution in [0.5, 0.6) is 0 Å². The van der Waals surface area contributed by atoms with E-state index in [1.807, 2.05) is 30.1 Å². The predicted octanol–water partition coefficient (Wildman–Crippen LogP) is 2.58. The van der Waals surface area contributed by atoms with Crippen molar-refractivity contribution in [1.29, 1.82) is 0 Å². The van der Waals surface area contributed by atoms with Gasteiger partial charge < -0.3 is 9.64 Å². The molecule has 23 heavy (non-hydrogen) atoms. The van der Waals surface area contributed by atoms with Crippen LogP contribution >= 0.6 is 11.8 Å². The van der Waals surface area contributed by atoms with Gasteiger partial charge in [0.15, 0.2) is 5.67 Å². The summed E-state index contributed by atoms with van der Waals surface area (Å²) >= 11 is 1.88. The fourth-order valence-electron chi connectivity index (χ4n) is 3.60. The standard InChI is InChI=1S/C17H21FN2O2S/c18-17(4-2-5-17)15(21)20-11-16(12-20)7-14(10-23-16)22-9-13-3-1-6-19-8-13/h1,3,6,8,14H,2,4-5,7,9-12H2/t14-/m0/s1. The number of likely N-dealkylation sites (tertiary alicyclic amines) is 1. The first-order valence-corrected chi connectivity index (χ1v) is 9.20. The minimum absolute atomic E-state index is 0.0926. The van der Waals surface area contributed by atoms with Gasteiger partial charge >= 0.3 is 0 Å². The van der Waals surface area contributed by atoms with E-state index >= 15 is 0 Å². The molecule has 3 fully saturated rings. The van der Waals surface area contributed by atoms with Crippen molar-refractivity contribution in [2.45, 2.75) is 48.8 Å². The zero-order valence-electron chi connectivity index (χ0n) is 13.0. The van der Waals surface area contributed by atoms with Crippen molar-refractivity contribution >= 4 is 17.7 Å². The molecule has 0 radical (unpaired) electrons. The molecule has 4 nitrogen and oxygen atoms in total. The summed E-state index contributed by atoms with van der Waals surface area (Å²) in [4.78, 5) is 18.0. The molecule has 3 aliphatic rings. The zero-order chi connectivity index (χ0) is 15.9. The SMILES string of the molecule is O=C(N1CC2(C[C@H](OCc3cccnc3)CS2)C1)C1(F)CCC1. The average molecular weight is 336 g/mol. The molecule has 6 heteroatoms. The van der Waals surface area contributed by atoms with E-state index < -0.39 is 5.67 Å². The van der Waals surface area contributed by atoms with Gasteiger partial charge in [-0.3, -0.25) is 9.78 Å². The molecule has 124 valence electrons. The predicted molar refractivity (Wildman–Crippen MR) is 86.9 cm³/mol. The fourth-order valence-corrected chi connectivity index (χ4v) is 5.16. The van der Waals surface area contributed by atoms with Crippen molar-refractivity contribution in [3.05, 3.63) is 30.1 Å². The Morgan fingerprint density at radius 1 is 1.48 bits per heavy atom. The molecule has 1 spiro atoms. The van der Waals surface area contributed by atoms with E-state index in [0.29, 0.717) is 32.5 Å². The average Bonchev–Trinajstić information content (AvgIpc) is 2.94. The van der Waals surface area contributed by atoms with Gasteiger partial charge in [-0.05, 0) is 37.3 Å². The van der Waals surface area contributed by atoms with E-state index in [1.165, 1.54) is 0 Å². The molecule has 1 amide bonds. The van der Waals surface area contributed by atoms with Gasteiger partial charge in [-0.2, -0.15) is 0 Å². The number of nitrogens with zero attached hydrogens (tertiary/aromatic N) is 2. The molecule has 0 unspecified atom stereocenters. The molecule has 1 atom stereocenters. The number of hydrogen-bond acceptors (Lipinski definition) is 4. The first kappa shape index (κ1) is 15.4. The summed E-state index contributed by atoms with van der Waals surface area (Å²) in [6, 6.07) is 3.92. The number of ether oxygens (including phenoxy) is 1. The molecule has 0 N–H and O–H groups in total.